The van der Waals surface area contributed by atoms with Gasteiger partial charge >= 0.3 is 0 Å². The van der Waals surface area contributed by atoms with Crippen LogP contribution in [0, 0.1) is 0 Å². The molecule has 1 heteroatoms. The van der Waals surface area contributed by atoms with Gasteiger partial charge in [-0.1, -0.05) is 54.6 Å². The molecule has 0 radical (unpaired) electrons. The molecule has 0 heterocycles. The Morgan fingerprint density at radius 1 is 0.647 bits per heavy atom. The van der Waals surface area contributed by atoms with E-state index in [-0.39, 0.29) is 6.61 Å². The summed E-state index contributed by atoms with van der Waals surface area (Å²) in [5.74, 6) is 0. The quantitative estimate of drug-likeness (QED) is 0.831. The second kappa shape index (κ2) is 6.21. The van der Waals surface area contributed by atoms with Gasteiger partial charge in [0, 0.05) is 6.61 Å². The van der Waals surface area contributed by atoms with Gasteiger partial charge < -0.3 is 5.11 Å². The van der Waals surface area contributed by atoms with Gasteiger partial charge in [-0.15, -0.1) is 0 Å². The van der Waals surface area contributed by atoms with Crippen molar-refractivity contribution in [2.45, 2.75) is 19.3 Å². The average Bonchev–Trinajstić information content (AvgIpc) is 2.39. The van der Waals surface area contributed by atoms with Crippen LogP contribution in [0.1, 0.15) is 16.7 Å². The Bertz CT molecular complexity index is 448. The van der Waals surface area contributed by atoms with Crippen molar-refractivity contribution in [3.05, 3.63) is 71.3 Å². The fraction of sp³-hybridized carbons (Fsp3) is 0.250. The van der Waals surface area contributed by atoms with Crippen molar-refractivity contribution in [2.24, 2.45) is 0 Å². The standard InChI is InChI=1S/C16H18O/c17-13-12-16-9-5-4-8-15(16)11-10-14-6-2-1-3-7-14/h1-9,17H,10-13H2. The molecule has 0 unspecified atom stereocenters. The van der Waals surface area contributed by atoms with Crippen LogP contribution in [0.3, 0.4) is 0 Å². The first kappa shape index (κ1) is 11.9. The van der Waals surface area contributed by atoms with Crippen molar-refractivity contribution >= 4 is 0 Å². The van der Waals surface area contributed by atoms with Gasteiger partial charge in [0.25, 0.3) is 0 Å². The molecule has 0 saturated heterocycles. The molecule has 0 saturated carbocycles. The summed E-state index contributed by atoms with van der Waals surface area (Å²) in [5.41, 5.74) is 3.99. The van der Waals surface area contributed by atoms with Gasteiger partial charge in [0.15, 0.2) is 0 Å². The van der Waals surface area contributed by atoms with Gasteiger partial charge in [-0.3, -0.25) is 0 Å². The average molecular weight is 226 g/mol. The van der Waals surface area contributed by atoms with E-state index in [0.29, 0.717) is 0 Å². The molecule has 0 aliphatic heterocycles. The van der Waals surface area contributed by atoms with E-state index in [1.54, 1.807) is 0 Å². The van der Waals surface area contributed by atoms with Gasteiger partial charge in [-0.2, -0.15) is 0 Å². The van der Waals surface area contributed by atoms with Crippen molar-refractivity contribution in [3.63, 3.8) is 0 Å². The molecule has 0 aliphatic carbocycles. The fourth-order valence-corrected chi connectivity index (χ4v) is 2.09. The zero-order chi connectivity index (χ0) is 11.9. The lowest BCUT2D eigenvalue weighted by atomic mass is 9.98. The molecular weight excluding hydrogens is 208 g/mol. The lowest BCUT2D eigenvalue weighted by molar-refractivity contribution is 0.299. The summed E-state index contributed by atoms with van der Waals surface area (Å²) in [6.45, 7) is 0.225. The van der Waals surface area contributed by atoms with Gasteiger partial charge in [-0.25, -0.2) is 0 Å². The Hall–Kier alpha value is -1.60. The summed E-state index contributed by atoms with van der Waals surface area (Å²) in [5, 5.41) is 9.03. The van der Waals surface area contributed by atoms with Crippen molar-refractivity contribution in [1.82, 2.24) is 0 Å². The van der Waals surface area contributed by atoms with Crippen molar-refractivity contribution < 1.29 is 5.11 Å². The second-order valence-electron chi connectivity index (χ2n) is 4.23. The minimum Gasteiger partial charge on any atom is -0.396 e. The van der Waals surface area contributed by atoms with Crippen LogP contribution in [0.25, 0.3) is 0 Å². The predicted molar refractivity (Wildman–Crippen MR) is 71.1 cm³/mol. The van der Waals surface area contributed by atoms with Gasteiger partial charge in [0.1, 0.15) is 0 Å². The Labute approximate surface area is 103 Å². The van der Waals surface area contributed by atoms with E-state index in [1.807, 2.05) is 12.1 Å². The Morgan fingerprint density at radius 3 is 1.88 bits per heavy atom. The third kappa shape index (κ3) is 3.43. The minimum atomic E-state index is 0.225. The number of hydrogen-bond acceptors (Lipinski definition) is 1. The van der Waals surface area contributed by atoms with Gasteiger partial charge in [-0.05, 0) is 36.0 Å². The van der Waals surface area contributed by atoms with Crippen LogP contribution in [-0.4, -0.2) is 11.7 Å². The molecule has 0 bridgehead atoms. The van der Waals surface area contributed by atoms with E-state index in [9.17, 15) is 0 Å². The molecule has 2 rings (SSSR count). The molecule has 1 N–H and O–H groups in total. The van der Waals surface area contributed by atoms with Crippen LogP contribution in [0.5, 0.6) is 0 Å². The van der Waals surface area contributed by atoms with Crippen molar-refractivity contribution in [3.8, 4) is 0 Å². The summed E-state index contributed by atoms with van der Waals surface area (Å²) < 4.78 is 0. The maximum atomic E-state index is 9.03. The van der Waals surface area contributed by atoms with Gasteiger partial charge in [0.05, 0.1) is 0 Å². The largest absolute Gasteiger partial charge is 0.396 e. The highest BCUT2D eigenvalue weighted by atomic mass is 16.2. The van der Waals surface area contributed by atoms with E-state index in [0.717, 1.165) is 19.3 Å². The SMILES string of the molecule is OCCc1ccccc1CCc1ccccc1. The molecule has 0 aliphatic rings. The summed E-state index contributed by atoms with van der Waals surface area (Å²) in [7, 11) is 0. The third-order valence-electron chi connectivity index (χ3n) is 3.03. The first-order valence-electron chi connectivity index (χ1n) is 6.11. The first-order valence-corrected chi connectivity index (χ1v) is 6.11. The minimum absolute atomic E-state index is 0.225. The van der Waals surface area contributed by atoms with Crippen molar-refractivity contribution in [2.75, 3.05) is 6.61 Å². The molecular formula is C16H18O. The fourth-order valence-electron chi connectivity index (χ4n) is 2.09. The zero-order valence-electron chi connectivity index (χ0n) is 9.97. The molecule has 0 aromatic heterocycles. The summed E-state index contributed by atoms with van der Waals surface area (Å²) in [6, 6.07) is 18.9. The van der Waals surface area contributed by atoms with E-state index < -0.39 is 0 Å². The maximum absolute atomic E-state index is 9.03. The maximum Gasteiger partial charge on any atom is 0.0471 e. The van der Waals surface area contributed by atoms with Crippen LogP contribution in [-0.2, 0) is 19.3 Å². The first-order chi connectivity index (χ1) is 8.40. The smallest absolute Gasteiger partial charge is 0.0471 e. The summed E-state index contributed by atoms with van der Waals surface area (Å²) in [6.07, 6.45) is 2.86. The Kier molecular flexibility index (Phi) is 4.34. The molecule has 0 fully saturated rings. The highest BCUT2D eigenvalue weighted by Crippen LogP contribution is 2.13. The molecule has 88 valence electrons. The van der Waals surface area contributed by atoms with Crippen LogP contribution in [0.15, 0.2) is 54.6 Å². The molecule has 0 spiro atoms. The Balaban J connectivity index is 2.03. The number of aryl methyl sites for hydroxylation is 2. The van der Waals surface area contributed by atoms with Crippen LogP contribution >= 0.6 is 0 Å². The number of benzene rings is 2. The van der Waals surface area contributed by atoms with Crippen LogP contribution < -0.4 is 0 Å². The summed E-state index contributed by atoms with van der Waals surface area (Å²) >= 11 is 0. The number of aliphatic hydroxyl groups excluding tert-OH is 1. The normalized spacial score (nSPS) is 10.4. The van der Waals surface area contributed by atoms with E-state index in [4.69, 9.17) is 5.11 Å². The molecule has 1 nitrogen and oxygen atoms in total. The molecule has 2 aromatic carbocycles. The highest BCUT2D eigenvalue weighted by Gasteiger charge is 2.01. The number of hydrogen-bond donors (Lipinski definition) is 1. The predicted octanol–water partition coefficient (Wildman–Crippen LogP) is 3.01. The van der Waals surface area contributed by atoms with Crippen molar-refractivity contribution in [1.29, 1.82) is 0 Å². The highest BCUT2D eigenvalue weighted by molar-refractivity contribution is 5.28. The molecule has 2 aromatic rings. The number of rotatable bonds is 5. The zero-order valence-corrected chi connectivity index (χ0v) is 9.97. The van der Waals surface area contributed by atoms with E-state index in [2.05, 4.69) is 42.5 Å². The topological polar surface area (TPSA) is 20.2 Å². The van der Waals surface area contributed by atoms with Gasteiger partial charge in [0.2, 0.25) is 0 Å². The molecule has 0 amide bonds. The Morgan fingerprint density at radius 2 is 1.24 bits per heavy atom. The van der Waals surface area contributed by atoms with E-state index >= 15 is 0 Å². The molecule has 0 atom stereocenters. The second-order valence-corrected chi connectivity index (χ2v) is 4.23. The third-order valence-corrected chi connectivity index (χ3v) is 3.03. The number of aliphatic hydroxyl groups is 1. The summed E-state index contributed by atoms with van der Waals surface area (Å²) in [4.78, 5) is 0. The molecule has 17 heavy (non-hydrogen) atoms. The van der Waals surface area contributed by atoms with E-state index in [1.165, 1.54) is 16.7 Å². The monoisotopic (exact) mass is 226 g/mol. The van der Waals surface area contributed by atoms with Crippen LogP contribution in [0.4, 0.5) is 0 Å². The lowest BCUT2D eigenvalue weighted by Crippen LogP contribution is -1.99. The van der Waals surface area contributed by atoms with Crippen LogP contribution in [0.2, 0.25) is 0 Å². The lowest BCUT2D eigenvalue weighted by Gasteiger charge is -2.08.